The summed E-state index contributed by atoms with van der Waals surface area (Å²) in [5.41, 5.74) is 0.609. The standard InChI is InChI=1S/C14H17N3O3/c1-2-17(8-5-9-18)13-10-6-3-4-7-11(10)15-12(16-13)14(19)20/h3-4,6-7,18H,2,5,8-9H2,1H3,(H,19,20). The van der Waals surface area contributed by atoms with Crippen LogP contribution in [0, 0.1) is 0 Å². The minimum absolute atomic E-state index is 0.0886. The quantitative estimate of drug-likeness (QED) is 0.831. The summed E-state index contributed by atoms with van der Waals surface area (Å²) >= 11 is 0. The number of anilines is 1. The van der Waals surface area contributed by atoms with Gasteiger partial charge in [-0.1, -0.05) is 12.1 Å². The number of nitrogens with zero attached hydrogens (tertiary/aromatic N) is 3. The second-order valence-corrected chi connectivity index (χ2v) is 4.35. The van der Waals surface area contributed by atoms with E-state index in [2.05, 4.69) is 9.97 Å². The molecule has 0 spiro atoms. The molecule has 0 fully saturated rings. The van der Waals surface area contributed by atoms with E-state index in [1.165, 1.54) is 0 Å². The van der Waals surface area contributed by atoms with E-state index in [9.17, 15) is 4.79 Å². The summed E-state index contributed by atoms with van der Waals surface area (Å²) in [5.74, 6) is -0.750. The summed E-state index contributed by atoms with van der Waals surface area (Å²) in [6.07, 6.45) is 0.606. The van der Waals surface area contributed by atoms with E-state index in [0.29, 0.717) is 30.8 Å². The van der Waals surface area contributed by atoms with Crippen molar-refractivity contribution >= 4 is 22.7 Å². The summed E-state index contributed by atoms with van der Waals surface area (Å²) in [6.45, 7) is 3.35. The third-order valence-corrected chi connectivity index (χ3v) is 3.04. The van der Waals surface area contributed by atoms with Crippen LogP contribution in [0.2, 0.25) is 0 Å². The van der Waals surface area contributed by atoms with Crippen molar-refractivity contribution in [3.63, 3.8) is 0 Å². The van der Waals surface area contributed by atoms with Gasteiger partial charge in [0.25, 0.3) is 0 Å². The third-order valence-electron chi connectivity index (χ3n) is 3.04. The summed E-state index contributed by atoms with van der Waals surface area (Å²) in [6, 6.07) is 7.33. The molecular weight excluding hydrogens is 258 g/mol. The molecule has 6 heteroatoms. The van der Waals surface area contributed by atoms with Crippen LogP contribution in [0.15, 0.2) is 24.3 Å². The van der Waals surface area contributed by atoms with Gasteiger partial charge in [0.1, 0.15) is 5.82 Å². The first-order valence-electron chi connectivity index (χ1n) is 6.53. The first kappa shape index (κ1) is 14.2. The highest BCUT2D eigenvalue weighted by Crippen LogP contribution is 2.23. The van der Waals surface area contributed by atoms with Gasteiger partial charge in [0.15, 0.2) is 0 Å². The number of hydrogen-bond donors (Lipinski definition) is 2. The lowest BCUT2D eigenvalue weighted by atomic mass is 10.2. The Kier molecular flexibility index (Phi) is 4.47. The van der Waals surface area contributed by atoms with Gasteiger partial charge >= 0.3 is 5.97 Å². The molecule has 2 N–H and O–H groups in total. The Morgan fingerprint density at radius 1 is 1.30 bits per heavy atom. The molecule has 0 radical (unpaired) electrons. The Hall–Kier alpha value is -2.21. The second-order valence-electron chi connectivity index (χ2n) is 4.35. The molecule has 0 unspecified atom stereocenters. The number of carbonyl (C=O) groups is 1. The number of fused-ring (bicyclic) bond motifs is 1. The average molecular weight is 275 g/mol. The first-order valence-corrected chi connectivity index (χ1v) is 6.53. The number of aromatic nitrogens is 2. The van der Waals surface area contributed by atoms with Crippen LogP contribution in [-0.2, 0) is 0 Å². The van der Waals surface area contributed by atoms with Crippen molar-refractivity contribution in [3.05, 3.63) is 30.1 Å². The lowest BCUT2D eigenvalue weighted by Gasteiger charge is -2.23. The molecule has 2 aromatic rings. The molecule has 0 aliphatic carbocycles. The highest BCUT2D eigenvalue weighted by molar-refractivity contribution is 5.93. The van der Waals surface area contributed by atoms with Gasteiger partial charge in [-0.25, -0.2) is 14.8 Å². The highest BCUT2D eigenvalue weighted by Gasteiger charge is 2.16. The topological polar surface area (TPSA) is 86.5 Å². The zero-order valence-electron chi connectivity index (χ0n) is 11.3. The van der Waals surface area contributed by atoms with Crippen LogP contribution in [0.1, 0.15) is 24.0 Å². The Balaban J connectivity index is 2.56. The first-order chi connectivity index (χ1) is 9.67. The minimum atomic E-state index is -1.14. The predicted octanol–water partition coefficient (Wildman–Crippen LogP) is 1.54. The van der Waals surface area contributed by atoms with Crippen molar-refractivity contribution in [3.8, 4) is 0 Å². The Morgan fingerprint density at radius 3 is 2.70 bits per heavy atom. The molecule has 1 aromatic heterocycles. The fourth-order valence-corrected chi connectivity index (χ4v) is 2.07. The average Bonchev–Trinajstić information content (AvgIpc) is 2.47. The van der Waals surface area contributed by atoms with Crippen molar-refractivity contribution in [1.82, 2.24) is 9.97 Å². The Labute approximate surface area is 116 Å². The molecule has 1 aromatic carbocycles. The summed E-state index contributed by atoms with van der Waals surface area (Å²) in [5, 5.41) is 18.9. The van der Waals surface area contributed by atoms with E-state index in [0.717, 1.165) is 5.39 Å². The van der Waals surface area contributed by atoms with Crippen LogP contribution in [0.4, 0.5) is 5.82 Å². The maximum atomic E-state index is 11.1. The molecule has 20 heavy (non-hydrogen) atoms. The van der Waals surface area contributed by atoms with Crippen molar-refractivity contribution in [2.75, 3.05) is 24.6 Å². The van der Waals surface area contributed by atoms with Crippen LogP contribution in [0.25, 0.3) is 10.9 Å². The Bertz CT molecular complexity index is 616. The van der Waals surface area contributed by atoms with Gasteiger partial charge in [0.2, 0.25) is 5.82 Å². The lowest BCUT2D eigenvalue weighted by molar-refractivity contribution is 0.0684. The minimum Gasteiger partial charge on any atom is -0.475 e. The maximum absolute atomic E-state index is 11.1. The van der Waals surface area contributed by atoms with E-state index in [-0.39, 0.29) is 12.4 Å². The SMILES string of the molecule is CCN(CCCO)c1nc(C(=O)O)nc2ccccc12. The Morgan fingerprint density at radius 2 is 2.05 bits per heavy atom. The monoisotopic (exact) mass is 275 g/mol. The summed E-state index contributed by atoms with van der Waals surface area (Å²) in [7, 11) is 0. The zero-order chi connectivity index (χ0) is 14.5. The normalized spacial score (nSPS) is 10.7. The number of rotatable bonds is 6. The molecule has 1 heterocycles. The molecule has 6 nitrogen and oxygen atoms in total. The van der Waals surface area contributed by atoms with Crippen molar-refractivity contribution in [2.45, 2.75) is 13.3 Å². The largest absolute Gasteiger partial charge is 0.475 e. The van der Waals surface area contributed by atoms with Gasteiger partial charge in [0.05, 0.1) is 5.52 Å². The van der Waals surface area contributed by atoms with E-state index in [1.807, 2.05) is 30.0 Å². The molecule has 0 saturated carbocycles. The van der Waals surface area contributed by atoms with Crippen molar-refractivity contribution < 1.29 is 15.0 Å². The van der Waals surface area contributed by atoms with Gasteiger partial charge in [0, 0.05) is 25.1 Å². The van der Waals surface area contributed by atoms with Crippen LogP contribution in [0.5, 0.6) is 0 Å². The number of carboxylic acids is 1. The third kappa shape index (κ3) is 2.85. The number of aromatic carboxylic acids is 1. The van der Waals surface area contributed by atoms with Gasteiger partial charge < -0.3 is 15.1 Å². The van der Waals surface area contributed by atoms with Gasteiger partial charge in [-0.05, 0) is 25.5 Å². The van der Waals surface area contributed by atoms with E-state index in [1.54, 1.807) is 6.07 Å². The van der Waals surface area contributed by atoms with Crippen LogP contribution < -0.4 is 4.90 Å². The highest BCUT2D eigenvalue weighted by atomic mass is 16.4. The molecular formula is C14H17N3O3. The molecule has 0 amide bonds. The van der Waals surface area contributed by atoms with Crippen molar-refractivity contribution in [2.24, 2.45) is 0 Å². The second kappa shape index (κ2) is 6.29. The van der Waals surface area contributed by atoms with Gasteiger partial charge in [-0.15, -0.1) is 0 Å². The predicted molar refractivity (Wildman–Crippen MR) is 76.1 cm³/mol. The number of para-hydroxylation sites is 1. The smallest absolute Gasteiger partial charge is 0.374 e. The van der Waals surface area contributed by atoms with Crippen LogP contribution >= 0.6 is 0 Å². The molecule has 0 aliphatic heterocycles. The molecule has 0 bridgehead atoms. The van der Waals surface area contributed by atoms with Gasteiger partial charge in [-0.3, -0.25) is 0 Å². The van der Waals surface area contributed by atoms with Crippen molar-refractivity contribution in [1.29, 1.82) is 0 Å². The van der Waals surface area contributed by atoms with Gasteiger partial charge in [-0.2, -0.15) is 0 Å². The number of carboxylic acid groups (broad SMARTS) is 1. The fraction of sp³-hybridized carbons (Fsp3) is 0.357. The van der Waals surface area contributed by atoms with E-state index in [4.69, 9.17) is 10.2 Å². The van der Waals surface area contributed by atoms with E-state index < -0.39 is 5.97 Å². The molecule has 106 valence electrons. The molecule has 0 aliphatic rings. The summed E-state index contributed by atoms with van der Waals surface area (Å²) < 4.78 is 0. The van der Waals surface area contributed by atoms with Crippen LogP contribution in [0.3, 0.4) is 0 Å². The summed E-state index contributed by atoms with van der Waals surface area (Å²) in [4.78, 5) is 21.3. The number of aliphatic hydroxyl groups is 1. The van der Waals surface area contributed by atoms with E-state index >= 15 is 0 Å². The van der Waals surface area contributed by atoms with Crippen LogP contribution in [-0.4, -0.2) is 45.8 Å². The maximum Gasteiger partial charge on any atom is 0.374 e. The lowest BCUT2D eigenvalue weighted by Crippen LogP contribution is -2.26. The number of hydrogen-bond acceptors (Lipinski definition) is 5. The zero-order valence-corrected chi connectivity index (χ0v) is 11.3. The number of aliphatic hydroxyl groups excluding tert-OH is 1. The fourth-order valence-electron chi connectivity index (χ4n) is 2.07. The molecule has 0 atom stereocenters. The number of benzene rings is 1. The molecule has 2 rings (SSSR count). The molecule has 0 saturated heterocycles.